The first-order valence-electron chi connectivity index (χ1n) is 5.70. The Kier molecular flexibility index (Phi) is 3.61. The Morgan fingerprint density at radius 3 is 2.89 bits per heavy atom. The Labute approximate surface area is 107 Å². The van der Waals surface area contributed by atoms with Crippen LogP contribution in [0, 0.1) is 0 Å². The number of halogens is 3. The molecule has 2 heterocycles. The molecule has 1 amide bonds. The number of carbonyl (C=O) groups is 1. The van der Waals surface area contributed by atoms with Gasteiger partial charge in [-0.25, -0.2) is 4.98 Å². The van der Waals surface area contributed by atoms with Gasteiger partial charge in [-0.1, -0.05) is 0 Å². The van der Waals surface area contributed by atoms with Crippen molar-refractivity contribution in [1.29, 1.82) is 0 Å². The fourth-order valence-electron chi connectivity index (χ4n) is 2.06. The van der Waals surface area contributed by atoms with Gasteiger partial charge in [-0.3, -0.25) is 4.79 Å². The van der Waals surface area contributed by atoms with E-state index in [9.17, 15) is 18.0 Å². The van der Waals surface area contributed by atoms with E-state index in [1.54, 1.807) is 0 Å². The van der Waals surface area contributed by atoms with E-state index >= 15 is 0 Å². The normalized spacial score (nSPS) is 20.4. The van der Waals surface area contributed by atoms with Crippen LogP contribution in [0.5, 0.6) is 0 Å². The summed E-state index contributed by atoms with van der Waals surface area (Å²) in [6.45, 7) is 0.925. The SMILES string of the molecule is NC(=O)C1CNCCN1c1ncccc1C(F)(F)F. The number of carbonyl (C=O) groups excluding carboxylic acids is 1. The Bertz CT molecular complexity index is 477. The number of aromatic nitrogens is 1. The maximum Gasteiger partial charge on any atom is 0.419 e. The van der Waals surface area contributed by atoms with Crippen LogP contribution in [0.4, 0.5) is 19.0 Å². The molecule has 2 rings (SSSR count). The summed E-state index contributed by atoms with van der Waals surface area (Å²) in [5.74, 6) is -0.925. The summed E-state index contributed by atoms with van der Waals surface area (Å²) in [6, 6.07) is 1.33. The molecule has 0 aliphatic carbocycles. The van der Waals surface area contributed by atoms with Gasteiger partial charge in [-0.2, -0.15) is 13.2 Å². The van der Waals surface area contributed by atoms with Crippen LogP contribution in [0.1, 0.15) is 5.56 Å². The first-order valence-corrected chi connectivity index (χ1v) is 5.70. The molecule has 1 aliphatic heterocycles. The van der Waals surface area contributed by atoms with Crippen LogP contribution < -0.4 is 16.0 Å². The summed E-state index contributed by atoms with van der Waals surface area (Å²) in [5.41, 5.74) is 4.37. The van der Waals surface area contributed by atoms with Crippen molar-refractivity contribution in [2.45, 2.75) is 12.2 Å². The molecule has 0 radical (unpaired) electrons. The zero-order valence-corrected chi connectivity index (χ0v) is 9.94. The zero-order chi connectivity index (χ0) is 14.0. The van der Waals surface area contributed by atoms with Crippen LogP contribution in [-0.4, -0.2) is 36.6 Å². The lowest BCUT2D eigenvalue weighted by atomic mass is 10.1. The van der Waals surface area contributed by atoms with Crippen molar-refractivity contribution in [2.75, 3.05) is 24.5 Å². The lowest BCUT2D eigenvalue weighted by Crippen LogP contribution is -2.57. The summed E-state index contributed by atoms with van der Waals surface area (Å²) in [7, 11) is 0. The van der Waals surface area contributed by atoms with Gasteiger partial charge in [-0.05, 0) is 12.1 Å². The number of pyridine rings is 1. The number of amides is 1. The van der Waals surface area contributed by atoms with Gasteiger partial charge < -0.3 is 16.0 Å². The lowest BCUT2D eigenvalue weighted by molar-refractivity contribution is -0.137. The first-order chi connectivity index (χ1) is 8.91. The van der Waals surface area contributed by atoms with Crippen molar-refractivity contribution >= 4 is 11.7 Å². The van der Waals surface area contributed by atoms with E-state index in [0.29, 0.717) is 6.54 Å². The molecule has 1 aromatic rings. The average Bonchev–Trinajstić information content (AvgIpc) is 2.37. The minimum atomic E-state index is -4.52. The number of alkyl halides is 3. The Balaban J connectivity index is 2.42. The van der Waals surface area contributed by atoms with Crippen LogP contribution in [0.2, 0.25) is 0 Å². The van der Waals surface area contributed by atoms with Crippen LogP contribution in [0.15, 0.2) is 18.3 Å². The molecule has 19 heavy (non-hydrogen) atoms. The number of hydrogen-bond acceptors (Lipinski definition) is 4. The number of primary amides is 1. The molecule has 104 valence electrons. The Hall–Kier alpha value is -1.83. The second-order valence-corrected chi connectivity index (χ2v) is 4.19. The predicted octanol–water partition coefficient (Wildman–Crippen LogP) is 0.364. The maximum absolute atomic E-state index is 12.9. The highest BCUT2D eigenvalue weighted by atomic mass is 19.4. The van der Waals surface area contributed by atoms with Gasteiger partial charge in [0.15, 0.2) is 0 Å². The van der Waals surface area contributed by atoms with E-state index in [-0.39, 0.29) is 18.9 Å². The van der Waals surface area contributed by atoms with Gasteiger partial charge in [0, 0.05) is 25.8 Å². The smallest absolute Gasteiger partial charge is 0.368 e. The quantitative estimate of drug-likeness (QED) is 0.817. The first kappa shape index (κ1) is 13.6. The maximum atomic E-state index is 12.9. The number of rotatable bonds is 2. The van der Waals surface area contributed by atoms with Crippen LogP contribution >= 0.6 is 0 Å². The highest BCUT2D eigenvalue weighted by molar-refractivity contribution is 5.84. The van der Waals surface area contributed by atoms with Crippen molar-refractivity contribution in [3.63, 3.8) is 0 Å². The average molecular weight is 274 g/mol. The number of anilines is 1. The van der Waals surface area contributed by atoms with E-state index < -0.39 is 23.7 Å². The van der Waals surface area contributed by atoms with Crippen LogP contribution in [0.25, 0.3) is 0 Å². The highest BCUT2D eigenvalue weighted by Crippen LogP contribution is 2.35. The lowest BCUT2D eigenvalue weighted by Gasteiger charge is -2.36. The van der Waals surface area contributed by atoms with E-state index in [1.165, 1.54) is 17.2 Å². The third kappa shape index (κ3) is 2.78. The van der Waals surface area contributed by atoms with Crippen molar-refractivity contribution in [3.05, 3.63) is 23.9 Å². The predicted molar refractivity (Wildman–Crippen MR) is 62.4 cm³/mol. The van der Waals surface area contributed by atoms with E-state index in [4.69, 9.17) is 5.73 Å². The molecule has 0 aromatic carbocycles. The van der Waals surface area contributed by atoms with E-state index in [0.717, 1.165) is 6.07 Å². The summed E-state index contributed by atoms with van der Waals surface area (Å²) in [4.78, 5) is 16.4. The molecule has 3 N–H and O–H groups in total. The second kappa shape index (κ2) is 5.04. The zero-order valence-electron chi connectivity index (χ0n) is 9.94. The summed E-state index contributed by atoms with van der Waals surface area (Å²) < 4.78 is 38.8. The number of hydrogen-bond donors (Lipinski definition) is 2. The second-order valence-electron chi connectivity index (χ2n) is 4.19. The summed E-state index contributed by atoms with van der Waals surface area (Å²) in [5, 5.41) is 2.92. The number of nitrogens with two attached hydrogens (primary N) is 1. The van der Waals surface area contributed by atoms with Gasteiger partial charge in [0.05, 0.1) is 5.56 Å². The molecule has 1 unspecified atom stereocenters. The number of nitrogens with zero attached hydrogens (tertiary/aromatic N) is 2. The fraction of sp³-hybridized carbons (Fsp3) is 0.455. The molecule has 1 aliphatic rings. The molecule has 8 heteroatoms. The summed E-state index contributed by atoms with van der Waals surface area (Å²) >= 11 is 0. The third-order valence-electron chi connectivity index (χ3n) is 2.94. The van der Waals surface area contributed by atoms with Crippen molar-refractivity contribution < 1.29 is 18.0 Å². The van der Waals surface area contributed by atoms with Crippen LogP contribution in [-0.2, 0) is 11.0 Å². The van der Waals surface area contributed by atoms with Crippen molar-refractivity contribution in [2.24, 2.45) is 5.73 Å². The molecular weight excluding hydrogens is 261 g/mol. The van der Waals surface area contributed by atoms with Crippen LogP contribution in [0.3, 0.4) is 0 Å². The molecule has 1 aromatic heterocycles. The standard InChI is InChI=1S/C11H13F3N4O/c12-11(13,14)7-2-1-3-17-10(7)18-5-4-16-6-8(18)9(15)19/h1-3,8,16H,4-6H2,(H2,15,19). The Morgan fingerprint density at radius 2 is 2.26 bits per heavy atom. The monoisotopic (exact) mass is 274 g/mol. The molecule has 1 fully saturated rings. The molecule has 5 nitrogen and oxygen atoms in total. The molecule has 0 spiro atoms. The van der Waals surface area contributed by atoms with Gasteiger partial charge in [0.1, 0.15) is 11.9 Å². The highest BCUT2D eigenvalue weighted by Gasteiger charge is 2.38. The minimum Gasteiger partial charge on any atom is -0.368 e. The van der Waals surface area contributed by atoms with E-state index in [2.05, 4.69) is 10.3 Å². The minimum absolute atomic E-state index is 0.212. The van der Waals surface area contributed by atoms with E-state index in [1.807, 2.05) is 0 Å². The molecule has 1 saturated heterocycles. The number of piperazine rings is 1. The van der Waals surface area contributed by atoms with Gasteiger partial charge in [-0.15, -0.1) is 0 Å². The molecule has 1 atom stereocenters. The summed E-state index contributed by atoms with van der Waals surface area (Å²) in [6.07, 6.45) is -3.25. The Morgan fingerprint density at radius 1 is 1.53 bits per heavy atom. The topological polar surface area (TPSA) is 71.2 Å². The largest absolute Gasteiger partial charge is 0.419 e. The van der Waals surface area contributed by atoms with Gasteiger partial charge in [0.25, 0.3) is 0 Å². The molecular formula is C11H13F3N4O. The van der Waals surface area contributed by atoms with Gasteiger partial charge in [0.2, 0.25) is 5.91 Å². The van der Waals surface area contributed by atoms with Gasteiger partial charge >= 0.3 is 6.18 Å². The molecule has 0 saturated carbocycles. The fourth-order valence-corrected chi connectivity index (χ4v) is 2.06. The van der Waals surface area contributed by atoms with Crippen molar-refractivity contribution in [3.8, 4) is 0 Å². The van der Waals surface area contributed by atoms with Crippen molar-refractivity contribution in [1.82, 2.24) is 10.3 Å². The number of nitrogens with one attached hydrogen (secondary N) is 1. The molecule has 0 bridgehead atoms. The third-order valence-corrected chi connectivity index (χ3v) is 2.94.